The maximum atomic E-state index is 5.39. The van der Waals surface area contributed by atoms with Gasteiger partial charge in [-0.05, 0) is 6.07 Å². The molecule has 0 unspecified atom stereocenters. The van der Waals surface area contributed by atoms with Crippen LogP contribution < -0.4 is 10.5 Å². The molecule has 0 aliphatic rings. The molecule has 0 spiro atoms. The number of hydrogen-bond acceptors (Lipinski definition) is 6. The number of ether oxygens (including phenoxy) is 1. The summed E-state index contributed by atoms with van der Waals surface area (Å²) in [6, 6.07) is 7.84. The Hall–Kier alpha value is -1.53. The molecule has 2 rings (SSSR count). The molecule has 90 valence electrons. The minimum absolute atomic E-state index is 0.266. The van der Waals surface area contributed by atoms with E-state index in [-0.39, 0.29) is 6.54 Å². The summed E-state index contributed by atoms with van der Waals surface area (Å²) >= 11 is 1.46. The minimum atomic E-state index is 0.266. The first-order chi connectivity index (χ1) is 8.33. The molecular formula is C11H13N3O2S. The average Bonchev–Trinajstić information content (AvgIpc) is 2.84. The van der Waals surface area contributed by atoms with Crippen LogP contribution in [-0.2, 0) is 12.3 Å². The van der Waals surface area contributed by atoms with E-state index >= 15 is 0 Å². The van der Waals surface area contributed by atoms with Gasteiger partial charge in [0.25, 0.3) is 5.22 Å². The molecule has 1 heterocycles. The van der Waals surface area contributed by atoms with Crippen LogP contribution in [0.5, 0.6) is 5.75 Å². The van der Waals surface area contributed by atoms with Crippen molar-refractivity contribution in [3.05, 3.63) is 35.7 Å². The van der Waals surface area contributed by atoms with Crippen molar-refractivity contribution in [1.82, 2.24) is 10.2 Å². The number of para-hydroxylation sites is 1. The van der Waals surface area contributed by atoms with E-state index in [1.165, 1.54) is 11.8 Å². The van der Waals surface area contributed by atoms with E-state index in [0.29, 0.717) is 11.1 Å². The Bertz CT molecular complexity index is 487. The van der Waals surface area contributed by atoms with Gasteiger partial charge < -0.3 is 14.9 Å². The normalized spacial score (nSPS) is 10.5. The highest BCUT2D eigenvalue weighted by Gasteiger charge is 2.07. The summed E-state index contributed by atoms with van der Waals surface area (Å²) in [6.07, 6.45) is 0. The molecular weight excluding hydrogens is 238 g/mol. The molecule has 0 atom stereocenters. The fraction of sp³-hybridized carbons (Fsp3) is 0.273. The van der Waals surface area contributed by atoms with Crippen LogP contribution >= 0.6 is 11.8 Å². The molecule has 2 N–H and O–H groups in total. The van der Waals surface area contributed by atoms with Gasteiger partial charge in [0.05, 0.1) is 13.7 Å². The van der Waals surface area contributed by atoms with Crippen LogP contribution in [-0.4, -0.2) is 17.3 Å². The number of benzene rings is 1. The molecule has 0 saturated carbocycles. The van der Waals surface area contributed by atoms with E-state index in [1.807, 2.05) is 24.3 Å². The first-order valence-electron chi connectivity index (χ1n) is 5.10. The van der Waals surface area contributed by atoms with Gasteiger partial charge in [-0.1, -0.05) is 30.0 Å². The molecule has 17 heavy (non-hydrogen) atoms. The van der Waals surface area contributed by atoms with E-state index < -0.39 is 0 Å². The van der Waals surface area contributed by atoms with Crippen molar-refractivity contribution >= 4 is 11.8 Å². The molecule has 0 radical (unpaired) electrons. The summed E-state index contributed by atoms with van der Waals surface area (Å²) in [5, 5.41) is 8.20. The molecule has 5 nitrogen and oxygen atoms in total. The van der Waals surface area contributed by atoms with Crippen LogP contribution in [0.25, 0.3) is 0 Å². The first-order valence-corrected chi connectivity index (χ1v) is 6.09. The van der Waals surface area contributed by atoms with Crippen molar-refractivity contribution in [2.45, 2.75) is 17.5 Å². The van der Waals surface area contributed by atoms with Crippen molar-refractivity contribution in [2.75, 3.05) is 7.11 Å². The fourth-order valence-electron chi connectivity index (χ4n) is 1.34. The van der Waals surface area contributed by atoms with Gasteiger partial charge in [-0.2, -0.15) is 0 Å². The zero-order valence-corrected chi connectivity index (χ0v) is 10.2. The highest BCUT2D eigenvalue weighted by Crippen LogP contribution is 2.26. The van der Waals surface area contributed by atoms with Gasteiger partial charge in [0.2, 0.25) is 5.89 Å². The van der Waals surface area contributed by atoms with Crippen molar-refractivity contribution in [1.29, 1.82) is 0 Å². The van der Waals surface area contributed by atoms with E-state index in [1.54, 1.807) is 7.11 Å². The zero-order valence-electron chi connectivity index (χ0n) is 9.42. The van der Waals surface area contributed by atoms with Gasteiger partial charge in [0.15, 0.2) is 0 Å². The maximum absolute atomic E-state index is 5.39. The van der Waals surface area contributed by atoms with E-state index in [4.69, 9.17) is 14.9 Å². The largest absolute Gasteiger partial charge is 0.496 e. The SMILES string of the molecule is COc1ccccc1CSc1nnc(CN)o1. The van der Waals surface area contributed by atoms with Gasteiger partial charge in [-0.25, -0.2) is 0 Å². The molecule has 1 aromatic carbocycles. The lowest BCUT2D eigenvalue weighted by atomic mass is 10.2. The molecule has 6 heteroatoms. The predicted octanol–water partition coefficient (Wildman–Crippen LogP) is 1.83. The first kappa shape index (κ1) is 11.9. The van der Waals surface area contributed by atoms with Crippen molar-refractivity contribution in [3.63, 3.8) is 0 Å². The van der Waals surface area contributed by atoms with Gasteiger partial charge in [-0.3, -0.25) is 0 Å². The van der Waals surface area contributed by atoms with E-state index in [0.717, 1.165) is 17.1 Å². The molecule has 2 aromatic rings. The Balaban J connectivity index is 2.01. The summed E-state index contributed by atoms with van der Waals surface area (Å²) in [6.45, 7) is 0.266. The Morgan fingerprint density at radius 2 is 2.18 bits per heavy atom. The lowest BCUT2D eigenvalue weighted by Crippen LogP contribution is -1.95. The number of nitrogens with zero attached hydrogens (tertiary/aromatic N) is 2. The number of rotatable bonds is 5. The third kappa shape index (κ3) is 2.98. The summed E-state index contributed by atoms with van der Waals surface area (Å²) in [5.41, 5.74) is 6.48. The lowest BCUT2D eigenvalue weighted by molar-refractivity contribution is 0.410. The van der Waals surface area contributed by atoms with Crippen LogP contribution in [0, 0.1) is 0 Å². The summed E-state index contributed by atoms with van der Waals surface area (Å²) in [4.78, 5) is 0. The molecule has 0 bridgehead atoms. The topological polar surface area (TPSA) is 74.2 Å². The summed E-state index contributed by atoms with van der Waals surface area (Å²) in [7, 11) is 1.66. The predicted molar refractivity (Wildman–Crippen MR) is 64.7 cm³/mol. The van der Waals surface area contributed by atoms with Gasteiger partial charge in [0.1, 0.15) is 5.75 Å². The van der Waals surface area contributed by atoms with Crippen molar-refractivity contribution < 1.29 is 9.15 Å². The fourth-order valence-corrected chi connectivity index (χ4v) is 2.11. The smallest absolute Gasteiger partial charge is 0.276 e. The van der Waals surface area contributed by atoms with Gasteiger partial charge in [-0.15, -0.1) is 10.2 Å². The molecule has 0 fully saturated rings. The summed E-state index contributed by atoms with van der Waals surface area (Å²) < 4.78 is 10.6. The van der Waals surface area contributed by atoms with Crippen LogP contribution in [0.1, 0.15) is 11.5 Å². The number of aromatic nitrogens is 2. The molecule has 0 aliphatic carbocycles. The number of methoxy groups -OCH3 is 1. The second kappa shape index (κ2) is 5.70. The quantitative estimate of drug-likeness (QED) is 0.817. The Kier molecular flexibility index (Phi) is 4.00. The third-order valence-electron chi connectivity index (χ3n) is 2.17. The standard InChI is InChI=1S/C11H13N3O2S/c1-15-9-5-3-2-4-8(9)7-17-11-14-13-10(6-12)16-11/h2-5H,6-7,12H2,1H3. The third-order valence-corrected chi connectivity index (χ3v) is 3.03. The van der Waals surface area contributed by atoms with Gasteiger partial charge >= 0.3 is 0 Å². The molecule has 1 aromatic heterocycles. The van der Waals surface area contributed by atoms with E-state index in [2.05, 4.69) is 10.2 Å². The molecule has 0 amide bonds. The highest BCUT2D eigenvalue weighted by molar-refractivity contribution is 7.98. The Morgan fingerprint density at radius 3 is 2.88 bits per heavy atom. The van der Waals surface area contributed by atoms with E-state index in [9.17, 15) is 0 Å². The second-order valence-electron chi connectivity index (χ2n) is 3.27. The van der Waals surface area contributed by atoms with Crippen LogP contribution in [0.4, 0.5) is 0 Å². The van der Waals surface area contributed by atoms with Crippen LogP contribution in [0.2, 0.25) is 0 Å². The summed E-state index contributed by atoms with van der Waals surface area (Å²) in [5.74, 6) is 2.03. The molecule has 0 aliphatic heterocycles. The second-order valence-corrected chi connectivity index (χ2v) is 4.19. The van der Waals surface area contributed by atoms with Crippen LogP contribution in [0.15, 0.2) is 33.9 Å². The van der Waals surface area contributed by atoms with Gasteiger partial charge in [0, 0.05) is 11.3 Å². The zero-order chi connectivity index (χ0) is 12.1. The monoisotopic (exact) mass is 251 g/mol. The Labute approximate surface area is 103 Å². The Morgan fingerprint density at radius 1 is 1.35 bits per heavy atom. The number of thioether (sulfide) groups is 1. The van der Waals surface area contributed by atoms with Crippen molar-refractivity contribution in [2.24, 2.45) is 5.73 Å². The molecule has 0 saturated heterocycles. The minimum Gasteiger partial charge on any atom is -0.496 e. The number of hydrogen-bond donors (Lipinski definition) is 1. The number of nitrogens with two attached hydrogens (primary N) is 1. The average molecular weight is 251 g/mol. The maximum Gasteiger partial charge on any atom is 0.276 e. The highest BCUT2D eigenvalue weighted by atomic mass is 32.2. The lowest BCUT2D eigenvalue weighted by Gasteiger charge is -2.05. The van der Waals surface area contributed by atoms with Crippen LogP contribution in [0.3, 0.4) is 0 Å². The van der Waals surface area contributed by atoms with Crippen molar-refractivity contribution in [3.8, 4) is 5.75 Å².